The number of hydrogen-bond donors (Lipinski definition) is 4. The Morgan fingerprint density at radius 3 is 2.45 bits per heavy atom. The van der Waals surface area contributed by atoms with Crippen molar-refractivity contribution >= 4 is 27.6 Å². The highest BCUT2D eigenvalue weighted by molar-refractivity contribution is 7.92. The first-order valence-electron chi connectivity index (χ1n) is 9.26. The number of aromatic nitrogens is 1. The van der Waals surface area contributed by atoms with Crippen molar-refractivity contribution in [1.82, 2.24) is 9.88 Å². The third-order valence-electron chi connectivity index (χ3n) is 4.43. The molecular weight excluding hydrogens is 424 g/mol. The minimum Gasteiger partial charge on any atom is -0.387 e. The van der Waals surface area contributed by atoms with Gasteiger partial charge in [-0.2, -0.15) is 0 Å². The molecule has 1 heterocycles. The predicted octanol–water partition coefficient (Wildman–Crippen LogP) is 0.147. The van der Waals surface area contributed by atoms with Gasteiger partial charge in [-0.05, 0) is 55.8 Å². The van der Waals surface area contributed by atoms with Gasteiger partial charge in [-0.3, -0.25) is 18.9 Å². The number of aryl methyl sites for hydroxylation is 2. The first kappa shape index (κ1) is 23.7. The number of hydrogen-bond acceptors (Lipinski definition) is 6. The van der Waals surface area contributed by atoms with E-state index in [-0.39, 0.29) is 16.5 Å². The molecule has 6 N–H and O–H groups in total. The van der Waals surface area contributed by atoms with Crippen LogP contribution in [0.15, 0.2) is 51.2 Å². The summed E-state index contributed by atoms with van der Waals surface area (Å²) < 4.78 is 29.0. The van der Waals surface area contributed by atoms with Crippen LogP contribution >= 0.6 is 0 Å². The van der Waals surface area contributed by atoms with Crippen molar-refractivity contribution in [2.24, 2.45) is 16.6 Å². The average molecular weight is 451 g/mol. The lowest BCUT2D eigenvalue weighted by Gasteiger charge is -2.25. The second-order valence-corrected chi connectivity index (χ2v) is 8.55. The number of nitrogens with zero attached hydrogens (tertiary/aromatic N) is 2. The topological polar surface area (TPSA) is 171 Å². The molecule has 1 aromatic carbocycles. The van der Waals surface area contributed by atoms with E-state index in [9.17, 15) is 18.0 Å². The van der Waals surface area contributed by atoms with Crippen LogP contribution in [0.25, 0.3) is 0 Å². The summed E-state index contributed by atoms with van der Waals surface area (Å²) in [5, 5.41) is 5.90. The largest absolute Gasteiger partial charge is 0.387 e. The Bertz CT molecular complexity index is 1150. The molecule has 0 radical (unpaired) electrons. The number of sulfonamides is 1. The molecule has 0 saturated carbocycles. The van der Waals surface area contributed by atoms with E-state index in [0.717, 1.165) is 10.1 Å². The van der Waals surface area contributed by atoms with Gasteiger partial charge in [0, 0.05) is 12.7 Å². The van der Waals surface area contributed by atoms with Crippen molar-refractivity contribution in [2.75, 3.05) is 11.8 Å². The number of nitrogens with one attached hydrogen (secondary N) is 2. The van der Waals surface area contributed by atoms with Gasteiger partial charge in [0.1, 0.15) is 5.69 Å². The fourth-order valence-electron chi connectivity index (χ4n) is 2.94. The van der Waals surface area contributed by atoms with E-state index in [2.05, 4.69) is 15.2 Å². The van der Waals surface area contributed by atoms with E-state index in [4.69, 9.17) is 16.3 Å². The number of pyridine rings is 1. The smallest absolute Gasteiger partial charge is 0.275 e. The Hall–Kier alpha value is -3.54. The van der Waals surface area contributed by atoms with Crippen LogP contribution in [0.3, 0.4) is 0 Å². The summed E-state index contributed by atoms with van der Waals surface area (Å²) in [4.78, 5) is 30.9. The first-order valence-corrected chi connectivity index (χ1v) is 10.7. The molecule has 31 heavy (non-hydrogen) atoms. The van der Waals surface area contributed by atoms with Gasteiger partial charge in [0.05, 0.1) is 4.90 Å². The molecule has 0 aliphatic heterocycles. The number of benzene rings is 1. The van der Waals surface area contributed by atoms with Crippen molar-refractivity contribution in [3.8, 4) is 0 Å². The van der Waals surface area contributed by atoms with Gasteiger partial charge in [-0.25, -0.2) is 8.42 Å². The lowest BCUT2D eigenvalue weighted by Crippen LogP contribution is -2.43. The van der Waals surface area contributed by atoms with E-state index in [1.807, 2.05) is 0 Å². The molecule has 11 nitrogen and oxygen atoms in total. The predicted molar refractivity (Wildman–Crippen MR) is 117 cm³/mol. The van der Waals surface area contributed by atoms with Crippen LogP contribution in [0.1, 0.15) is 24.2 Å². The molecule has 0 bridgehead atoms. The van der Waals surface area contributed by atoms with Crippen LogP contribution in [-0.4, -0.2) is 38.0 Å². The molecule has 2 atom stereocenters. The van der Waals surface area contributed by atoms with Gasteiger partial charge in [0.25, 0.3) is 15.6 Å². The number of carbonyl (C=O) groups is 1. The Morgan fingerprint density at radius 2 is 1.87 bits per heavy atom. The molecule has 0 aliphatic carbocycles. The van der Waals surface area contributed by atoms with E-state index in [1.165, 1.54) is 38.2 Å². The maximum atomic E-state index is 13.2. The third-order valence-corrected chi connectivity index (χ3v) is 5.79. The number of carbonyl (C=O) groups excluding carboxylic acids is 1. The lowest BCUT2D eigenvalue weighted by atomic mass is 10.1. The zero-order valence-electron chi connectivity index (χ0n) is 17.6. The van der Waals surface area contributed by atoms with Gasteiger partial charge in [0.15, 0.2) is 12.1 Å². The van der Waals surface area contributed by atoms with Crippen LogP contribution in [0.5, 0.6) is 0 Å². The van der Waals surface area contributed by atoms with Crippen LogP contribution < -0.4 is 27.1 Å². The molecule has 2 rings (SSSR count). The number of rotatable bonds is 8. The standard InChI is InChI=1S/C19H26N6O5S/c1-11-6-5-7-14(10-11)31(28,29)24-15-9-8-12(2)25(18(15)27)16(17(26)22-4)13(3)30-23-19(20)21/h5-10,13,16,24H,1-4H3,(H,22,26)(H4,20,21,23). The molecule has 0 aliphatic rings. The molecule has 2 aromatic rings. The zero-order valence-corrected chi connectivity index (χ0v) is 18.4. The summed E-state index contributed by atoms with van der Waals surface area (Å²) in [6, 6.07) is 7.92. The Balaban J connectivity index is 2.54. The maximum absolute atomic E-state index is 13.2. The molecule has 1 aromatic heterocycles. The molecular formula is C19H26N6O5S. The summed E-state index contributed by atoms with van der Waals surface area (Å²) in [7, 11) is -2.64. The Kier molecular flexibility index (Phi) is 7.28. The van der Waals surface area contributed by atoms with Gasteiger partial charge in [-0.1, -0.05) is 12.1 Å². The minimum absolute atomic E-state index is 0.00587. The molecule has 2 unspecified atom stereocenters. The van der Waals surface area contributed by atoms with Crippen LogP contribution in [0.4, 0.5) is 5.69 Å². The molecule has 12 heteroatoms. The fraction of sp³-hybridized carbons (Fsp3) is 0.316. The van der Waals surface area contributed by atoms with Gasteiger partial charge in [0.2, 0.25) is 11.9 Å². The van der Waals surface area contributed by atoms with E-state index >= 15 is 0 Å². The molecule has 0 spiro atoms. The SMILES string of the molecule is CNC(=O)C(C(C)ON=C(N)N)n1c(C)ccc(NS(=O)(=O)c2cccc(C)c2)c1=O. The quantitative estimate of drug-likeness (QED) is 0.252. The number of oxime groups is 1. The van der Waals surface area contributed by atoms with Crippen molar-refractivity contribution in [3.05, 3.63) is 58.0 Å². The monoisotopic (exact) mass is 450 g/mol. The van der Waals surface area contributed by atoms with Crippen molar-refractivity contribution < 1.29 is 18.0 Å². The van der Waals surface area contributed by atoms with Gasteiger partial charge >= 0.3 is 0 Å². The summed E-state index contributed by atoms with van der Waals surface area (Å²) in [6.07, 6.45) is -0.956. The minimum atomic E-state index is -4.03. The summed E-state index contributed by atoms with van der Waals surface area (Å²) in [5.74, 6) is -0.909. The number of likely N-dealkylation sites (N-methyl/N-ethyl adjacent to an activating group) is 1. The van der Waals surface area contributed by atoms with Crippen molar-refractivity contribution in [2.45, 2.75) is 37.8 Å². The Labute approximate surface area is 180 Å². The van der Waals surface area contributed by atoms with Crippen molar-refractivity contribution in [3.63, 3.8) is 0 Å². The first-order chi connectivity index (χ1) is 14.5. The molecule has 1 amide bonds. The second kappa shape index (κ2) is 9.51. The van der Waals surface area contributed by atoms with Crippen molar-refractivity contribution in [1.29, 1.82) is 0 Å². The van der Waals surface area contributed by atoms with Gasteiger partial charge in [-0.15, -0.1) is 0 Å². The highest BCUT2D eigenvalue weighted by Crippen LogP contribution is 2.20. The number of guanidine groups is 1. The summed E-state index contributed by atoms with van der Waals surface area (Å²) in [6.45, 7) is 4.86. The second-order valence-electron chi connectivity index (χ2n) is 6.87. The highest BCUT2D eigenvalue weighted by atomic mass is 32.2. The van der Waals surface area contributed by atoms with Crippen LogP contribution in [0.2, 0.25) is 0 Å². The van der Waals surface area contributed by atoms with Crippen LogP contribution in [-0.2, 0) is 19.7 Å². The van der Waals surface area contributed by atoms with Gasteiger partial charge < -0.3 is 21.6 Å². The van der Waals surface area contributed by atoms with E-state index in [1.54, 1.807) is 26.0 Å². The maximum Gasteiger partial charge on any atom is 0.275 e. The number of anilines is 1. The van der Waals surface area contributed by atoms with E-state index in [0.29, 0.717) is 5.69 Å². The highest BCUT2D eigenvalue weighted by Gasteiger charge is 2.31. The number of amides is 1. The lowest BCUT2D eigenvalue weighted by molar-refractivity contribution is -0.128. The summed E-state index contributed by atoms with van der Waals surface area (Å²) >= 11 is 0. The summed E-state index contributed by atoms with van der Waals surface area (Å²) in [5.41, 5.74) is 10.7. The normalized spacial score (nSPS) is 13.0. The molecule has 0 saturated heterocycles. The Morgan fingerprint density at radius 1 is 1.19 bits per heavy atom. The van der Waals surface area contributed by atoms with E-state index < -0.39 is 33.6 Å². The van der Waals surface area contributed by atoms with Crippen LogP contribution in [0, 0.1) is 13.8 Å². The average Bonchev–Trinajstić information content (AvgIpc) is 2.70. The molecule has 0 fully saturated rings. The fourth-order valence-corrected chi connectivity index (χ4v) is 4.11. The zero-order chi connectivity index (χ0) is 23.3. The number of nitrogens with two attached hydrogens (primary N) is 2. The molecule has 168 valence electrons. The third kappa shape index (κ3) is 5.54.